The lowest BCUT2D eigenvalue weighted by Crippen LogP contribution is -2.35. The molecule has 7 heteroatoms. The summed E-state index contributed by atoms with van der Waals surface area (Å²) in [5.74, 6) is 1.31. The van der Waals surface area contributed by atoms with E-state index in [4.69, 9.17) is 10.5 Å². The summed E-state index contributed by atoms with van der Waals surface area (Å²) in [7, 11) is 0. The minimum Gasteiger partial charge on any atom is -0.384 e. The van der Waals surface area contributed by atoms with Gasteiger partial charge in [-0.3, -0.25) is 4.90 Å². The van der Waals surface area contributed by atoms with Crippen molar-refractivity contribution in [3.63, 3.8) is 0 Å². The second-order valence-electron chi connectivity index (χ2n) is 9.34. The second-order valence-corrected chi connectivity index (χ2v) is 9.34. The predicted molar refractivity (Wildman–Crippen MR) is 138 cm³/mol. The van der Waals surface area contributed by atoms with Crippen LogP contribution in [0.15, 0.2) is 54.6 Å². The monoisotopic (exact) mass is 454 g/mol. The van der Waals surface area contributed by atoms with Crippen molar-refractivity contribution in [1.29, 1.82) is 0 Å². The normalized spacial score (nSPS) is 18.0. The quantitative estimate of drug-likeness (QED) is 0.358. The van der Waals surface area contributed by atoms with Crippen molar-refractivity contribution < 1.29 is 4.74 Å². The van der Waals surface area contributed by atoms with Crippen LogP contribution in [0.3, 0.4) is 0 Å². The van der Waals surface area contributed by atoms with Crippen LogP contribution in [-0.2, 0) is 17.7 Å². The number of hydrogen-bond acceptors (Lipinski definition) is 6. The highest BCUT2D eigenvalue weighted by Crippen LogP contribution is 2.39. The van der Waals surface area contributed by atoms with Crippen molar-refractivity contribution in [1.82, 2.24) is 14.9 Å². The fourth-order valence-electron chi connectivity index (χ4n) is 4.91. The molecule has 2 aromatic heterocycles. The summed E-state index contributed by atoms with van der Waals surface area (Å²) in [5.41, 5.74) is 14.2. The highest BCUT2D eigenvalue weighted by Gasteiger charge is 2.25. The molecule has 6 rings (SSSR count). The highest BCUT2D eigenvalue weighted by molar-refractivity contribution is 5.94. The largest absolute Gasteiger partial charge is 0.384 e. The summed E-state index contributed by atoms with van der Waals surface area (Å²) in [6.45, 7) is 6.66. The van der Waals surface area contributed by atoms with Crippen molar-refractivity contribution in [2.24, 2.45) is 0 Å². The summed E-state index contributed by atoms with van der Waals surface area (Å²) >= 11 is 0. The molecule has 7 nitrogen and oxygen atoms in total. The average molecular weight is 455 g/mol. The van der Waals surface area contributed by atoms with E-state index in [1.54, 1.807) is 0 Å². The molecule has 1 fully saturated rings. The number of pyridine rings is 1. The van der Waals surface area contributed by atoms with Gasteiger partial charge >= 0.3 is 0 Å². The van der Waals surface area contributed by atoms with Gasteiger partial charge in [-0.1, -0.05) is 35.9 Å². The fraction of sp³-hybridized carbons (Fsp3) is 0.296. The smallest absolute Gasteiger partial charge is 0.154 e. The van der Waals surface area contributed by atoms with Crippen LogP contribution in [0.4, 0.5) is 17.3 Å². The van der Waals surface area contributed by atoms with E-state index in [0.717, 1.165) is 67.5 Å². The van der Waals surface area contributed by atoms with E-state index >= 15 is 0 Å². The SMILES string of the molecule is Cc1ccc(CC2Nc3nc(N)cc(-c4cc5cc(CN6CCOCC6)ccc5[nH]4)c3N2)cc1. The number of fused-ring (bicyclic) bond motifs is 2. The third kappa shape index (κ3) is 4.20. The number of aryl methyl sites for hydroxylation is 1. The molecule has 1 saturated heterocycles. The molecule has 2 aromatic carbocycles. The van der Waals surface area contributed by atoms with Gasteiger partial charge in [0.25, 0.3) is 0 Å². The van der Waals surface area contributed by atoms with Gasteiger partial charge in [-0.05, 0) is 42.3 Å². The average Bonchev–Trinajstić information content (AvgIpc) is 3.44. The van der Waals surface area contributed by atoms with Crippen molar-refractivity contribution in [3.05, 3.63) is 71.3 Å². The lowest BCUT2D eigenvalue weighted by molar-refractivity contribution is 0.0342. The van der Waals surface area contributed by atoms with Crippen LogP contribution < -0.4 is 16.4 Å². The Hall–Kier alpha value is -3.55. The maximum absolute atomic E-state index is 6.20. The number of benzene rings is 2. The zero-order valence-corrected chi connectivity index (χ0v) is 19.4. The van der Waals surface area contributed by atoms with Crippen LogP contribution in [-0.4, -0.2) is 47.3 Å². The Morgan fingerprint density at radius 3 is 2.62 bits per heavy atom. The third-order valence-corrected chi connectivity index (χ3v) is 6.71. The molecule has 0 bridgehead atoms. The summed E-state index contributed by atoms with van der Waals surface area (Å²) in [6.07, 6.45) is 0.920. The number of hydrogen-bond donors (Lipinski definition) is 4. The third-order valence-electron chi connectivity index (χ3n) is 6.71. The fourth-order valence-corrected chi connectivity index (χ4v) is 4.91. The molecule has 2 aliphatic rings. The molecular weight excluding hydrogens is 424 g/mol. The van der Waals surface area contributed by atoms with Crippen LogP contribution in [0.1, 0.15) is 16.7 Å². The van der Waals surface area contributed by atoms with Gasteiger partial charge in [-0.2, -0.15) is 0 Å². The Morgan fingerprint density at radius 2 is 1.79 bits per heavy atom. The van der Waals surface area contributed by atoms with Gasteiger partial charge in [0.15, 0.2) is 5.82 Å². The van der Waals surface area contributed by atoms with Crippen LogP contribution >= 0.6 is 0 Å². The minimum atomic E-state index is 0.0651. The zero-order chi connectivity index (χ0) is 23.1. The number of nitrogens with zero attached hydrogens (tertiary/aromatic N) is 2. The number of nitrogens with two attached hydrogens (primary N) is 1. The highest BCUT2D eigenvalue weighted by atomic mass is 16.5. The maximum atomic E-state index is 6.20. The molecule has 5 N–H and O–H groups in total. The molecule has 2 aliphatic heterocycles. The van der Waals surface area contributed by atoms with E-state index in [9.17, 15) is 0 Å². The number of nitrogens with one attached hydrogen (secondary N) is 3. The first-order chi connectivity index (χ1) is 16.6. The number of aromatic amines is 1. The Morgan fingerprint density at radius 1 is 1.00 bits per heavy atom. The molecule has 4 aromatic rings. The predicted octanol–water partition coefficient (Wildman–Crippen LogP) is 4.36. The number of morpholine rings is 1. The second kappa shape index (κ2) is 8.66. The molecule has 4 heterocycles. The Bertz CT molecular complexity index is 1320. The van der Waals surface area contributed by atoms with E-state index in [-0.39, 0.29) is 6.17 Å². The molecule has 1 atom stereocenters. The van der Waals surface area contributed by atoms with Crippen LogP contribution in [0.25, 0.3) is 22.2 Å². The summed E-state index contributed by atoms with van der Waals surface area (Å²) in [6, 6.07) is 19.5. The maximum Gasteiger partial charge on any atom is 0.154 e. The Labute approximate surface area is 199 Å². The van der Waals surface area contributed by atoms with E-state index in [0.29, 0.717) is 5.82 Å². The van der Waals surface area contributed by atoms with Crippen LogP contribution in [0.5, 0.6) is 0 Å². The number of H-pyrrole nitrogens is 1. The molecule has 0 radical (unpaired) electrons. The molecular formula is C27H30N6O. The van der Waals surface area contributed by atoms with E-state index in [1.165, 1.54) is 22.1 Å². The number of ether oxygens (including phenoxy) is 1. The first-order valence-electron chi connectivity index (χ1n) is 11.9. The lowest BCUT2D eigenvalue weighted by Gasteiger charge is -2.26. The van der Waals surface area contributed by atoms with Crippen LogP contribution in [0.2, 0.25) is 0 Å². The van der Waals surface area contributed by atoms with Crippen molar-refractivity contribution in [2.45, 2.75) is 26.1 Å². The number of nitrogen functional groups attached to an aromatic ring is 1. The van der Waals surface area contributed by atoms with Gasteiger partial charge < -0.3 is 26.1 Å². The van der Waals surface area contributed by atoms with Crippen molar-refractivity contribution in [2.75, 3.05) is 42.7 Å². The number of rotatable bonds is 5. The molecule has 0 spiro atoms. The van der Waals surface area contributed by atoms with Crippen molar-refractivity contribution in [3.8, 4) is 11.3 Å². The van der Waals surface area contributed by atoms with Crippen LogP contribution in [0, 0.1) is 6.92 Å². The van der Waals surface area contributed by atoms with E-state index in [1.807, 2.05) is 6.07 Å². The van der Waals surface area contributed by atoms with Gasteiger partial charge in [0.2, 0.25) is 0 Å². The standard InChI is InChI=1S/C27H30N6O/c1-17-2-4-18(5-3-17)13-25-31-26-21(15-24(28)30-27(26)32-25)23-14-20-12-19(6-7-22(20)29-23)16-33-8-10-34-11-9-33/h2-7,12,14-15,25,29,31H,8-11,13,16H2,1H3,(H3,28,30,32). The molecule has 0 aliphatic carbocycles. The number of anilines is 3. The summed E-state index contributed by atoms with van der Waals surface area (Å²) < 4.78 is 5.48. The Kier molecular flexibility index (Phi) is 5.36. The van der Waals surface area contributed by atoms with Gasteiger partial charge in [0.05, 0.1) is 18.9 Å². The summed E-state index contributed by atoms with van der Waals surface area (Å²) in [5, 5.41) is 8.34. The minimum absolute atomic E-state index is 0.0651. The zero-order valence-electron chi connectivity index (χ0n) is 19.4. The van der Waals surface area contributed by atoms with Gasteiger partial charge in [-0.15, -0.1) is 0 Å². The molecule has 34 heavy (non-hydrogen) atoms. The number of aromatic nitrogens is 2. The molecule has 0 amide bonds. The van der Waals surface area contributed by atoms with Gasteiger partial charge in [0, 0.05) is 48.2 Å². The Balaban J connectivity index is 1.26. The topological polar surface area (TPSA) is 91.2 Å². The molecule has 1 unspecified atom stereocenters. The lowest BCUT2D eigenvalue weighted by atomic mass is 10.1. The van der Waals surface area contributed by atoms with Gasteiger partial charge in [0.1, 0.15) is 12.0 Å². The van der Waals surface area contributed by atoms with E-state index in [2.05, 4.69) is 81.0 Å². The molecule has 0 saturated carbocycles. The first-order valence-corrected chi connectivity index (χ1v) is 11.9. The van der Waals surface area contributed by atoms with E-state index < -0.39 is 0 Å². The summed E-state index contributed by atoms with van der Waals surface area (Å²) in [4.78, 5) is 10.6. The van der Waals surface area contributed by atoms with Crippen molar-refractivity contribution >= 4 is 28.2 Å². The molecule has 174 valence electrons. The first kappa shape index (κ1) is 21.0. The van der Waals surface area contributed by atoms with Gasteiger partial charge in [-0.25, -0.2) is 4.98 Å².